The first kappa shape index (κ1) is 12.5. The summed E-state index contributed by atoms with van der Waals surface area (Å²) in [6.45, 7) is 6.24. The molecule has 0 N–H and O–H groups in total. The van der Waals surface area contributed by atoms with Gasteiger partial charge in [0.2, 0.25) is 0 Å². The minimum absolute atomic E-state index is 0.645. The standard InChI is InChI=1S/C14H18N4OS/c1-3-12-13(15-4-1)16-14(20-12)18-6-2-5-17(7-8-18)11-9-19-10-11/h1,3-4,11H,2,5-10H2. The molecular weight excluding hydrogens is 272 g/mol. The number of pyridine rings is 1. The van der Waals surface area contributed by atoms with Crippen LogP contribution in [-0.2, 0) is 4.74 Å². The van der Waals surface area contributed by atoms with Crippen LogP contribution in [0, 0.1) is 0 Å². The summed E-state index contributed by atoms with van der Waals surface area (Å²) in [6, 6.07) is 4.72. The molecule has 20 heavy (non-hydrogen) atoms. The number of fused-ring (bicyclic) bond motifs is 1. The Kier molecular flexibility index (Phi) is 3.29. The lowest BCUT2D eigenvalue weighted by atomic mass is 10.2. The maximum absolute atomic E-state index is 5.31. The second-order valence-electron chi connectivity index (χ2n) is 5.39. The second kappa shape index (κ2) is 5.27. The van der Waals surface area contributed by atoms with Gasteiger partial charge in [0, 0.05) is 32.4 Å². The molecule has 4 rings (SSSR count). The molecule has 2 saturated heterocycles. The average molecular weight is 290 g/mol. The van der Waals surface area contributed by atoms with E-state index < -0.39 is 0 Å². The Morgan fingerprint density at radius 3 is 2.95 bits per heavy atom. The molecule has 5 nitrogen and oxygen atoms in total. The molecule has 0 aromatic carbocycles. The predicted molar refractivity (Wildman–Crippen MR) is 80.4 cm³/mol. The molecule has 0 spiro atoms. The summed E-state index contributed by atoms with van der Waals surface area (Å²) >= 11 is 1.75. The van der Waals surface area contributed by atoms with Gasteiger partial charge in [0.15, 0.2) is 10.8 Å². The van der Waals surface area contributed by atoms with Crippen molar-refractivity contribution < 1.29 is 4.74 Å². The van der Waals surface area contributed by atoms with Gasteiger partial charge in [-0.05, 0) is 18.6 Å². The Balaban J connectivity index is 1.50. The van der Waals surface area contributed by atoms with Crippen LogP contribution in [0.4, 0.5) is 5.13 Å². The normalized spacial score (nSPS) is 21.9. The molecule has 4 heterocycles. The fourth-order valence-electron chi connectivity index (χ4n) is 2.82. The van der Waals surface area contributed by atoms with Gasteiger partial charge in [0.05, 0.1) is 24.0 Å². The molecule has 0 aliphatic carbocycles. The van der Waals surface area contributed by atoms with Crippen molar-refractivity contribution in [1.82, 2.24) is 14.9 Å². The van der Waals surface area contributed by atoms with Crippen molar-refractivity contribution in [2.24, 2.45) is 0 Å². The molecule has 0 bridgehead atoms. The third-order valence-electron chi connectivity index (χ3n) is 4.09. The molecular formula is C14H18N4OS. The Hall–Kier alpha value is -1.24. The molecule has 0 radical (unpaired) electrons. The van der Waals surface area contributed by atoms with E-state index in [0.717, 1.165) is 43.6 Å². The van der Waals surface area contributed by atoms with Gasteiger partial charge in [-0.2, -0.15) is 4.98 Å². The summed E-state index contributed by atoms with van der Waals surface area (Å²) in [6.07, 6.45) is 3.01. The summed E-state index contributed by atoms with van der Waals surface area (Å²) in [5.41, 5.74) is 0.876. The first-order chi connectivity index (χ1) is 9.90. The number of anilines is 1. The van der Waals surface area contributed by atoms with E-state index in [1.807, 2.05) is 12.3 Å². The number of thiazole rings is 1. The largest absolute Gasteiger partial charge is 0.378 e. The summed E-state index contributed by atoms with van der Waals surface area (Å²) in [7, 11) is 0. The van der Waals surface area contributed by atoms with Crippen LogP contribution in [0.25, 0.3) is 10.3 Å². The Bertz CT molecular complexity index is 565. The summed E-state index contributed by atoms with van der Waals surface area (Å²) < 4.78 is 6.48. The van der Waals surface area contributed by atoms with Crippen molar-refractivity contribution in [3.63, 3.8) is 0 Å². The Morgan fingerprint density at radius 1 is 1.20 bits per heavy atom. The van der Waals surface area contributed by atoms with Gasteiger partial charge in [-0.25, -0.2) is 4.98 Å². The van der Waals surface area contributed by atoms with Gasteiger partial charge in [-0.3, -0.25) is 4.90 Å². The number of aromatic nitrogens is 2. The first-order valence-electron chi connectivity index (χ1n) is 7.18. The molecule has 2 aliphatic rings. The van der Waals surface area contributed by atoms with E-state index in [1.165, 1.54) is 17.7 Å². The van der Waals surface area contributed by atoms with E-state index in [2.05, 4.69) is 25.8 Å². The van der Waals surface area contributed by atoms with Crippen LogP contribution in [0.2, 0.25) is 0 Å². The monoisotopic (exact) mass is 290 g/mol. The molecule has 106 valence electrons. The molecule has 0 saturated carbocycles. The zero-order valence-corrected chi connectivity index (χ0v) is 12.2. The topological polar surface area (TPSA) is 41.5 Å². The number of hydrogen-bond acceptors (Lipinski definition) is 6. The van der Waals surface area contributed by atoms with Crippen LogP contribution in [0.3, 0.4) is 0 Å². The van der Waals surface area contributed by atoms with E-state index in [0.29, 0.717) is 6.04 Å². The minimum atomic E-state index is 0.645. The number of ether oxygens (including phenoxy) is 1. The summed E-state index contributed by atoms with van der Waals surface area (Å²) in [5.74, 6) is 0. The van der Waals surface area contributed by atoms with Crippen molar-refractivity contribution in [1.29, 1.82) is 0 Å². The lowest BCUT2D eigenvalue weighted by Gasteiger charge is -2.36. The molecule has 0 amide bonds. The smallest absolute Gasteiger partial charge is 0.188 e. The highest BCUT2D eigenvalue weighted by atomic mass is 32.1. The van der Waals surface area contributed by atoms with Crippen LogP contribution in [-0.4, -0.2) is 60.3 Å². The molecule has 2 fully saturated rings. The highest BCUT2D eigenvalue weighted by Gasteiger charge is 2.28. The maximum Gasteiger partial charge on any atom is 0.188 e. The van der Waals surface area contributed by atoms with Crippen molar-refractivity contribution in [2.45, 2.75) is 12.5 Å². The summed E-state index contributed by atoms with van der Waals surface area (Å²) in [4.78, 5) is 14.0. The van der Waals surface area contributed by atoms with Gasteiger partial charge in [0.1, 0.15) is 0 Å². The van der Waals surface area contributed by atoms with E-state index >= 15 is 0 Å². The van der Waals surface area contributed by atoms with Crippen molar-refractivity contribution in [3.8, 4) is 0 Å². The second-order valence-corrected chi connectivity index (χ2v) is 6.40. The first-order valence-corrected chi connectivity index (χ1v) is 8.00. The minimum Gasteiger partial charge on any atom is -0.378 e. The van der Waals surface area contributed by atoms with Crippen LogP contribution in [0.1, 0.15) is 6.42 Å². The zero-order chi connectivity index (χ0) is 13.4. The van der Waals surface area contributed by atoms with Gasteiger partial charge in [-0.15, -0.1) is 0 Å². The fourth-order valence-corrected chi connectivity index (χ4v) is 3.80. The summed E-state index contributed by atoms with van der Waals surface area (Å²) in [5, 5.41) is 1.12. The third kappa shape index (κ3) is 2.28. The van der Waals surface area contributed by atoms with Gasteiger partial charge in [0.25, 0.3) is 0 Å². The highest BCUT2D eigenvalue weighted by Crippen LogP contribution is 2.28. The zero-order valence-electron chi connectivity index (χ0n) is 11.4. The lowest BCUT2D eigenvalue weighted by molar-refractivity contribution is -0.0625. The van der Waals surface area contributed by atoms with Crippen LogP contribution in [0.15, 0.2) is 18.3 Å². The quantitative estimate of drug-likeness (QED) is 0.840. The Labute approximate surface area is 122 Å². The predicted octanol–water partition coefficient (Wildman–Crippen LogP) is 1.60. The number of rotatable bonds is 2. The molecule has 2 aromatic rings. The van der Waals surface area contributed by atoms with Gasteiger partial charge in [-0.1, -0.05) is 11.3 Å². The lowest BCUT2D eigenvalue weighted by Crippen LogP contribution is -2.50. The molecule has 2 aliphatic heterocycles. The fraction of sp³-hybridized carbons (Fsp3) is 0.571. The van der Waals surface area contributed by atoms with Gasteiger partial charge >= 0.3 is 0 Å². The maximum atomic E-state index is 5.31. The van der Waals surface area contributed by atoms with Crippen molar-refractivity contribution in [2.75, 3.05) is 44.3 Å². The number of nitrogens with zero attached hydrogens (tertiary/aromatic N) is 4. The SMILES string of the molecule is c1cnc2nc(N3CCCN(C4COC4)CC3)sc2c1. The van der Waals surface area contributed by atoms with Gasteiger partial charge < -0.3 is 9.64 Å². The molecule has 0 unspecified atom stereocenters. The van der Waals surface area contributed by atoms with E-state index in [-0.39, 0.29) is 0 Å². The van der Waals surface area contributed by atoms with Crippen LogP contribution >= 0.6 is 11.3 Å². The van der Waals surface area contributed by atoms with Crippen molar-refractivity contribution in [3.05, 3.63) is 18.3 Å². The highest BCUT2D eigenvalue weighted by molar-refractivity contribution is 7.22. The van der Waals surface area contributed by atoms with Crippen LogP contribution < -0.4 is 4.90 Å². The third-order valence-corrected chi connectivity index (χ3v) is 5.16. The van der Waals surface area contributed by atoms with Crippen molar-refractivity contribution >= 4 is 26.8 Å². The van der Waals surface area contributed by atoms with E-state index in [9.17, 15) is 0 Å². The molecule has 2 aromatic heterocycles. The average Bonchev–Trinajstić information content (AvgIpc) is 2.70. The van der Waals surface area contributed by atoms with E-state index in [1.54, 1.807) is 11.3 Å². The number of hydrogen-bond donors (Lipinski definition) is 0. The molecule has 6 heteroatoms. The van der Waals surface area contributed by atoms with Crippen LogP contribution in [0.5, 0.6) is 0 Å². The van der Waals surface area contributed by atoms with E-state index in [4.69, 9.17) is 4.74 Å². The molecule has 0 atom stereocenters. The Morgan fingerprint density at radius 2 is 2.15 bits per heavy atom.